The van der Waals surface area contributed by atoms with Crippen LogP contribution in [0.5, 0.6) is 0 Å². The van der Waals surface area contributed by atoms with Gasteiger partial charge in [-0.2, -0.15) is 10.2 Å². The van der Waals surface area contributed by atoms with Crippen LogP contribution in [0.3, 0.4) is 0 Å². The van der Waals surface area contributed by atoms with Gasteiger partial charge in [-0.15, -0.1) is 0 Å². The second kappa shape index (κ2) is 7.14. The molecule has 0 spiro atoms. The summed E-state index contributed by atoms with van der Waals surface area (Å²) in [5.41, 5.74) is 7.58. The molecule has 4 heteroatoms. The predicted molar refractivity (Wildman–Crippen MR) is 69.9 cm³/mol. The summed E-state index contributed by atoms with van der Waals surface area (Å²) in [6, 6.07) is 7.08. The lowest BCUT2D eigenvalue weighted by molar-refractivity contribution is 0.343. The first-order valence-electron chi connectivity index (χ1n) is 5.13. The lowest BCUT2D eigenvalue weighted by Crippen LogP contribution is -1.80. The minimum Gasteiger partial charge on any atom is -0.399 e. The van der Waals surface area contributed by atoms with Gasteiger partial charge in [0.2, 0.25) is 0 Å². The second-order valence-corrected chi connectivity index (χ2v) is 3.20. The standard InChI is InChI=1S/C13H15N3O/c1-2-12(5-3-4-10-17)15-16-13-8-6-11(14)7-9-13/h2-9,17H,1,10,14H2/b4-3-,12-5+,16-15-. The quantitative estimate of drug-likeness (QED) is 0.463. The summed E-state index contributed by atoms with van der Waals surface area (Å²) in [5.74, 6) is 0. The van der Waals surface area contributed by atoms with E-state index in [1.54, 1.807) is 48.6 Å². The highest BCUT2D eigenvalue weighted by atomic mass is 16.2. The lowest BCUT2D eigenvalue weighted by Gasteiger charge is -1.94. The molecule has 17 heavy (non-hydrogen) atoms. The Kier molecular flexibility index (Phi) is 5.40. The molecular weight excluding hydrogens is 214 g/mol. The predicted octanol–water partition coefficient (Wildman–Crippen LogP) is 2.97. The van der Waals surface area contributed by atoms with E-state index in [-0.39, 0.29) is 6.61 Å². The topological polar surface area (TPSA) is 71.0 Å². The molecule has 0 aromatic heterocycles. The average molecular weight is 229 g/mol. The van der Waals surface area contributed by atoms with Crippen LogP contribution in [0, 0.1) is 0 Å². The monoisotopic (exact) mass is 229 g/mol. The molecule has 3 N–H and O–H groups in total. The maximum absolute atomic E-state index is 8.58. The van der Waals surface area contributed by atoms with Crippen LogP contribution < -0.4 is 5.73 Å². The fourth-order valence-electron chi connectivity index (χ4n) is 1.03. The number of benzene rings is 1. The first-order chi connectivity index (χ1) is 8.26. The summed E-state index contributed by atoms with van der Waals surface area (Å²) < 4.78 is 0. The molecule has 0 atom stereocenters. The van der Waals surface area contributed by atoms with Crippen molar-refractivity contribution in [2.24, 2.45) is 10.2 Å². The molecule has 0 amide bonds. The molecule has 4 nitrogen and oxygen atoms in total. The van der Waals surface area contributed by atoms with Crippen LogP contribution in [-0.2, 0) is 0 Å². The van der Waals surface area contributed by atoms with E-state index in [0.29, 0.717) is 11.4 Å². The SMILES string of the molecule is C=CC(=C\C=C/CO)/N=N\c1ccc(N)cc1. The van der Waals surface area contributed by atoms with E-state index < -0.39 is 0 Å². The van der Waals surface area contributed by atoms with E-state index in [1.807, 2.05) is 0 Å². The molecule has 88 valence electrons. The number of nitrogens with two attached hydrogens (primary N) is 1. The zero-order valence-electron chi connectivity index (χ0n) is 9.45. The van der Waals surface area contributed by atoms with Gasteiger partial charge in [-0.1, -0.05) is 18.7 Å². The third-order valence-electron chi connectivity index (χ3n) is 1.89. The summed E-state index contributed by atoms with van der Waals surface area (Å²) in [5, 5.41) is 16.6. The Balaban J connectivity index is 2.74. The van der Waals surface area contributed by atoms with Gasteiger partial charge < -0.3 is 10.8 Å². The molecule has 0 heterocycles. The van der Waals surface area contributed by atoms with Crippen LogP contribution in [0.1, 0.15) is 0 Å². The molecule has 0 fully saturated rings. The number of azo groups is 1. The first-order valence-corrected chi connectivity index (χ1v) is 5.13. The maximum atomic E-state index is 8.58. The number of hydrogen-bond acceptors (Lipinski definition) is 4. The van der Waals surface area contributed by atoms with Crippen molar-refractivity contribution in [3.8, 4) is 0 Å². The molecule has 0 aliphatic rings. The molecular formula is C13H15N3O. The zero-order valence-corrected chi connectivity index (χ0v) is 9.45. The van der Waals surface area contributed by atoms with Gasteiger partial charge in [0, 0.05) is 5.69 Å². The fourth-order valence-corrected chi connectivity index (χ4v) is 1.03. The summed E-state index contributed by atoms with van der Waals surface area (Å²) in [6.07, 6.45) is 6.59. The molecule has 0 radical (unpaired) electrons. The van der Waals surface area contributed by atoms with Crippen LogP contribution >= 0.6 is 0 Å². The molecule has 0 unspecified atom stereocenters. The van der Waals surface area contributed by atoms with Crippen molar-refractivity contribution in [3.63, 3.8) is 0 Å². The Morgan fingerprint density at radius 2 is 2.06 bits per heavy atom. The fraction of sp³-hybridized carbons (Fsp3) is 0.0769. The molecule has 0 saturated heterocycles. The van der Waals surface area contributed by atoms with Crippen LogP contribution in [0.4, 0.5) is 11.4 Å². The molecule has 0 saturated carbocycles. The van der Waals surface area contributed by atoms with Gasteiger partial charge >= 0.3 is 0 Å². The molecule has 0 aliphatic carbocycles. The number of hydrogen-bond donors (Lipinski definition) is 2. The van der Waals surface area contributed by atoms with Crippen molar-refractivity contribution >= 4 is 11.4 Å². The van der Waals surface area contributed by atoms with Crippen molar-refractivity contribution < 1.29 is 5.11 Å². The number of anilines is 1. The Morgan fingerprint density at radius 1 is 1.35 bits per heavy atom. The van der Waals surface area contributed by atoms with Crippen LogP contribution in [-0.4, -0.2) is 11.7 Å². The van der Waals surface area contributed by atoms with Crippen molar-refractivity contribution in [2.45, 2.75) is 0 Å². The molecule has 1 aromatic rings. The highest BCUT2D eigenvalue weighted by molar-refractivity contribution is 5.47. The molecule has 1 aromatic carbocycles. The summed E-state index contributed by atoms with van der Waals surface area (Å²) in [6.45, 7) is 3.62. The van der Waals surface area contributed by atoms with E-state index in [1.165, 1.54) is 0 Å². The van der Waals surface area contributed by atoms with Crippen molar-refractivity contribution in [2.75, 3.05) is 12.3 Å². The number of allylic oxidation sites excluding steroid dienone is 3. The van der Waals surface area contributed by atoms with Crippen LogP contribution in [0.25, 0.3) is 0 Å². The van der Waals surface area contributed by atoms with E-state index in [2.05, 4.69) is 16.8 Å². The Morgan fingerprint density at radius 3 is 2.65 bits per heavy atom. The Labute approximate surface area is 100 Å². The third-order valence-corrected chi connectivity index (χ3v) is 1.89. The van der Waals surface area contributed by atoms with Gasteiger partial charge in [0.05, 0.1) is 18.0 Å². The van der Waals surface area contributed by atoms with Gasteiger partial charge in [-0.25, -0.2) is 0 Å². The van der Waals surface area contributed by atoms with E-state index in [9.17, 15) is 0 Å². The number of nitrogens with zero attached hydrogens (tertiary/aromatic N) is 2. The van der Waals surface area contributed by atoms with Gasteiger partial charge in [-0.05, 0) is 36.4 Å². The van der Waals surface area contributed by atoms with Gasteiger partial charge in [0.15, 0.2) is 0 Å². The van der Waals surface area contributed by atoms with Gasteiger partial charge in [-0.3, -0.25) is 0 Å². The Bertz CT molecular complexity index is 444. The minimum atomic E-state index is -0.00394. The second-order valence-electron chi connectivity index (χ2n) is 3.20. The molecule has 0 bridgehead atoms. The van der Waals surface area contributed by atoms with E-state index >= 15 is 0 Å². The summed E-state index contributed by atoms with van der Waals surface area (Å²) in [7, 11) is 0. The largest absolute Gasteiger partial charge is 0.399 e. The van der Waals surface area contributed by atoms with Crippen molar-refractivity contribution in [1.82, 2.24) is 0 Å². The van der Waals surface area contributed by atoms with Crippen LogP contribution in [0.2, 0.25) is 0 Å². The zero-order chi connectivity index (χ0) is 12.5. The number of rotatable bonds is 5. The maximum Gasteiger partial charge on any atom is 0.0858 e. The van der Waals surface area contributed by atoms with E-state index in [4.69, 9.17) is 10.8 Å². The third kappa shape index (κ3) is 4.90. The lowest BCUT2D eigenvalue weighted by atomic mass is 10.3. The van der Waals surface area contributed by atoms with Gasteiger partial charge in [0.25, 0.3) is 0 Å². The Hall–Kier alpha value is -2.20. The smallest absolute Gasteiger partial charge is 0.0858 e. The van der Waals surface area contributed by atoms with E-state index in [0.717, 1.165) is 5.69 Å². The molecule has 1 rings (SSSR count). The highest BCUT2D eigenvalue weighted by Gasteiger charge is 1.89. The number of nitrogen functional groups attached to an aromatic ring is 1. The van der Waals surface area contributed by atoms with Crippen molar-refractivity contribution in [1.29, 1.82) is 0 Å². The normalized spacial score (nSPS) is 12.4. The number of aliphatic hydroxyl groups excluding tert-OH is 1. The van der Waals surface area contributed by atoms with Gasteiger partial charge in [0.1, 0.15) is 0 Å². The molecule has 0 aliphatic heterocycles. The minimum absolute atomic E-state index is 0.00394. The average Bonchev–Trinajstić information content (AvgIpc) is 2.35. The first kappa shape index (κ1) is 12.9. The van der Waals surface area contributed by atoms with Crippen LogP contribution in [0.15, 0.2) is 71.1 Å². The summed E-state index contributed by atoms with van der Waals surface area (Å²) >= 11 is 0. The number of aliphatic hydroxyl groups is 1. The summed E-state index contributed by atoms with van der Waals surface area (Å²) in [4.78, 5) is 0. The highest BCUT2D eigenvalue weighted by Crippen LogP contribution is 2.15. The van der Waals surface area contributed by atoms with Crippen molar-refractivity contribution in [3.05, 3.63) is 60.8 Å².